The average Bonchev–Trinajstić information content (AvgIpc) is 2.54. The highest BCUT2D eigenvalue weighted by Crippen LogP contribution is 2.46. The second-order valence-electron chi connectivity index (χ2n) is 7.27. The number of benzene rings is 1. The molecule has 1 aliphatic carbocycles. The van der Waals surface area contributed by atoms with E-state index in [4.69, 9.17) is 10.8 Å². The quantitative estimate of drug-likeness (QED) is 0.744. The van der Waals surface area contributed by atoms with Gasteiger partial charge in [0.2, 0.25) is 5.91 Å². The van der Waals surface area contributed by atoms with Gasteiger partial charge in [-0.2, -0.15) is 0 Å². The Hall–Kier alpha value is -1.99. The van der Waals surface area contributed by atoms with Gasteiger partial charge in [-0.1, -0.05) is 6.07 Å². The van der Waals surface area contributed by atoms with Crippen molar-refractivity contribution in [3.63, 3.8) is 0 Å². The molecule has 0 aromatic heterocycles. The predicted octanol–water partition coefficient (Wildman–Crippen LogP) is 1.36. The number of halogens is 1. The summed E-state index contributed by atoms with van der Waals surface area (Å²) in [6.07, 6.45) is 2.19. The van der Waals surface area contributed by atoms with Crippen LogP contribution in [0.4, 0.5) is 4.39 Å². The Morgan fingerprint density at radius 1 is 1.28 bits per heavy atom. The number of carbonyl (C=O) groups is 2. The lowest BCUT2D eigenvalue weighted by Crippen LogP contribution is -2.54. The number of aliphatic hydroxyl groups is 1. The van der Waals surface area contributed by atoms with Crippen molar-refractivity contribution in [2.24, 2.45) is 17.6 Å². The van der Waals surface area contributed by atoms with Crippen molar-refractivity contribution in [1.29, 1.82) is 0 Å². The predicted molar refractivity (Wildman–Crippen MR) is 88.2 cm³/mol. The number of carboxylic acids is 1. The normalized spacial score (nSPS) is 27.7. The van der Waals surface area contributed by atoms with Gasteiger partial charge in [-0.25, -0.2) is 4.39 Å². The molecule has 136 valence electrons. The standard InChI is InChI=1S/C18H23FN2O4/c19-15-7-11(16(20)22)1-2-12(15)10-21-5-3-14(4-6-21)18(25)8-13(9-18)17(23)24/h1-2,7,13-14,25H,3-6,8-10H2,(H2,20,22)(H,23,24). The molecule has 2 aliphatic rings. The summed E-state index contributed by atoms with van der Waals surface area (Å²) < 4.78 is 14.1. The molecule has 3 rings (SSSR count). The Kier molecular flexibility index (Phi) is 4.79. The Balaban J connectivity index is 1.53. The number of likely N-dealkylation sites (tertiary alicyclic amines) is 1. The fourth-order valence-corrected chi connectivity index (χ4v) is 4.00. The van der Waals surface area contributed by atoms with E-state index in [1.165, 1.54) is 6.07 Å². The Bertz CT molecular complexity index is 680. The van der Waals surface area contributed by atoms with E-state index in [2.05, 4.69) is 4.90 Å². The van der Waals surface area contributed by atoms with Gasteiger partial charge in [0, 0.05) is 17.7 Å². The number of nitrogens with zero attached hydrogens (tertiary/aromatic N) is 1. The molecule has 0 spiro atoms. The van der Waals surface area contributed by atoms with Crippen molar-refractivity contribution in [2.45, 2.75) is 37.8 Å². The zero-order valence-corrected chi connectivity index (χ0v) is 13.9. The minimum atomic E-state index is -0.858. The van der Waals surface area contributed by atoms with Crippen LogP contribution >= 0.6 is 0 Å². The number of carbonyl (C=O) groups excluding carboxylic acids is 1. The van der Waals surface area contributed by atoms with Crippen molar-refractivity contribution < 1.29 is 24.2 Å². The molecule has 7 heteroatoms. The third-order valence-electron chi connectivity index (χ3n) is 5.63. The van der Waals surface area contributed by atoms with Gasteiger partial charge in [-0.05, 0) is 56.8 Å². The molecule has 6 nitrogen and oxygen atoms in total. The SMILES string of the molecule is NC(=O)c1ccc(CN2CCC(C3(O)CC(C(=O)O)C3)CC2)c(F)c1. The molecule has 1 saturated heterocycles. The number of nitrogens with two attached hydrogens (primary N) is 1. The summed E-state index contributed by atoms with van der Waals surface area (Å²) >= 11 is 0. The summed E-state index contributed by atoms with van der Waals surface area (Å²) in [5.74, 6) is -2.26. The van der Waals surface area contributed by atoms with Crippen LogP contribution in [0.2, 0.25) is 0 Å². The van der Waals surface area contributed by atoms with Crippen molar-refractivity contribution in [2.75, 3.05) is 13.1 Å². The molecular weight excluding hydrogens is 327 g/mol. The lowest BCUT2D eigenvalue weighted by molar-refractivity contribution is -0.170. The van der Waals surface area contributed by atoms with Gasteiger partial charge >= 0.3 is 5.97 Å². The van der Waals surface area contributed by atoms with Crippen LogP contribution in [0.25, 0.3) is 0 Å². The van der Waals surface area contributed by atoms with Crippen LogP contribution < -0.4 is 5.73 Å². The van der Waals surface area contributed by atoms with Gasteiger partial charge < -0.3 is 15.9 Å². The number of primary amides is 1. The van der Waals surface area contributed by atoms with Gasteiger partial charge in [0.15, 0.2) is 0 Å². The second kappa shape index (κ2) is 6.72. The van der Waals surface area contributed by atoms with Crippen LogP contribution in [0.5, 0.6) is 0 Å². The molecule has 2 fully saturated rings. The number of aliphatic carboxylic acids is 1. The van der Waals surface area contributed by atoms with Gasteiger partial charge in [0.05, 0.1) is 11.5 Å². The monoisotopic (exact) mass is 350 g/mol. The van der Waals surface area contributed by atoms with E-state index in [0.29, 0.717) is 24.9 Å². The van der Waals surface area contributed by atoms with Crippen LogP contribution in [0.1, 0.15) is 41.6 Å². The summed E-state index contributed by atoms with van der Waals surface area (Å²) in [7, 11) is 0. The minimum Gasteiger partial charge on any atom is -0.481 e. The molecule has 1 aromatic rings. The van der Waals surface area contributed by atoms with Crippen LogP contribution in [-0.2, 0) is 11.3 Å². The number of hydrogen-bond donors (Lipinski definition) is 3. The van der Waals surface area contributed by atoms with E-state index in [9.17, 15) is 19.1 Å². The second-order valence-corrected chi connectivity index (χ2v) is 7.27. The van der Waals surface area contributed by atoms with E-state index < -0.39 is 29.2 Å². The van der Waals surface area contributed by atoms with E-state index >= 15 is 0 Å². The van der Waals surface area contributed by atoms with Crippen molar-refractivity contribution >= 4 is 11.9 Å². The summed E-state index contributed by atoms with van der Waals surface area (Å²) in [5, 5.41) is 19.5. The van der Waals surface area contributed by atoms with E-state index in [-0.39, 0.29) is 11.5 Å². The number of rotatable bonds is 5. The third-order valence-corrected chi connectivity index (χ3v) is 5.63. The summed E-state index contributed by atoms with van der Waals surface area (Å²) in [4.78, 5) is 24.1. The lowest BCUT2D eigenvalue weighted by atomic mass is 9.62. The smallest absolute Gasteiger partial charge is 0.306 e. The molecule has 1 aliphatic heterocycles. The third kappa shape index (κ3) is 3.67. The highest BCUT2D eigenvalue weighted by Gasteiger charge is 2.51. The maximum Gasteiger partial charge on any atom is 0.306 e. The zero-order chi connectivity index (χ0) is 18.2. The minimum absolute atomic E-state index is 0.0986. The largest absolute Gasteiger partial charge is 0.481 e. The molecule has 0 bridgehead atoms. The zero-order valence-electron chi connectivity index (χ0n) is 13.9. The van der Waals surface area contributed by atoms with E-state index in [0.717, 1.165) is 32.0 Å². The van der Waals surface area contributed by atoms with Gasteiger partial charge in [0.25, 0.3) is 0 Å². The number of carboxylic acid groups (broad SMARTS) is 1. The number of hydrogen-bond acceptors (Lipinski definition) is 4. The van der Waals surface area contributed by atoms with Crippen molar-refractivity contribution in [3.8, 4) is 0 Å². The molecule has 1 saturated carbocycles. The van der Waals surface area contributed by atoms with Crippen LogP contribution in [0.15, 0.2) is 18.2 Å². The van der Waals surface area contributed by atoms with Gasteiger partial charge in [0.1, 0.15) is 5.82 Å². The maximum atomic E-state index is 14.1. The van der Waals surface area contributed by atoms with Gasteiger partial charge in [-0.15, -0.1) is 0 Å². The molecule has 1 heterocycles. The topological polar surface area (TPSA) is 104 Å². The fraction of sp³-hybridized carbons (Fsp3) is 0.556. The first-order chi connectivity index (χ1) is 11.8. The highest BCUT2D eigenvalue weighted by atomic mass is 19.1. The Morgan fingerprint density at radius 3 is 2.44 bits per heavy atom. The molecule has 4 N–H and O–H groups in total. The van der Waals surface area contributed by atoms with Crippen molar-refractivity contribution in [3.05, 3.63) is 35.1 Å². The van der Waals surface area contributed by atoms with Crippen LogP contribution in [0, 0.1) is 17.7 Å². The Morgan fingerprint density at radius 2 is 1.92 bits per heavy atom. The first-order valence-electron chi connectivity index (χ1n) is 8.54. The van der Waals surface area contributed by atoms with Crippen molar-refractivity contribution in [1.82, 2.24) is 4.90 Å². The van der Waals surface area contributed by atoms with Crippen LogP contribution in [-0.4, -0.2) is 45.7 Å². The van der Waals surface area contributed by atoms with E-state index in [1.807, 2.05) is 0 Å². The number of amides is 1. The first kappa shape index (κ1) is 17.8. The van der Waals surface area contributed by atoms with Gasteiger partial charge in [-0.3, -0.25) is 14.5 Å². The van der Waals surface area contributed by atoms with Crippen LogP contribution in [0.3, 0.4) is 0 Å². The highest BCUT2D eigenvalue weighted by molar-refractivity contribution is 5.92. The summed E-state index contributed by atoms with van der Waals surface area (Å²) in [6, 6.07) is 4.27. The molecular formula is C18H23FN2O4. The fourth-order valence-electron chi connectivity index (χ4n) is 4.00. The first-order valence-corrected chi connectivity index (χ1v) is 8.54. The summed E-state index contributed by atoms with van der Waals surface area (Å²) in [5.41, 5.74) is 4.95. The molecule has 25 heavy (non-hydrogen) atoms. The summed E-state index contributed by atoms with van der Waals surface area (Å²) in [6.45, 7) is 1.89. The lowest BCUT2D eigenvalue weighted by Gasteiger charge is -2.49. The molecule has 0 atom stereocenters. The molecule has 1 aromatic carbocycles. The molecule has 1 amide bonds. The van der Waals surface area contributed by atoms with E-state index in [1.54, 1.807) is 6.07 Å². The number of piperidine rings is 1. The Labute approximate surface area is 145 Å². The molecule has 0 radical (unpaired) electrons. The molecule has 0 unspecified atom stereocenters. The maximum absolute atomic E-state index is 14.1. The average molecular weight is 350 g/mol.